The maximum atomic E-state index is 12.6. The van der Waals surface area contributed by atoms with Crippen molar-refractivity contribution < 1.29 is 24.5 Å². The Balaban J connectivity index is 3.32. The van der Waals surface area contributed by atoms with Gasteiger partial charge in [-0.1, -0.05) is 443 Å². The molecule has 6 nitrogen and oxygen atoms in total. The fourth-order valence-electron chi connectivity index (χ4n) is 13.8. The van der Waals surface area contributed by atoms with Crippen molar-refractivity contribution in [3.63, 3.8) is 0 Å². The van der Waals surface area contributed by atoms with Crippen molar-refractivity contribution in [3.05, 3.63) is 24.3 Å². The van der Waals surface area contributed by atoms with Gasteiger partial charge in [0.15, 0.2) is 0 Å². The number of nitrogens with one attached hydrogen (secondary N) is 1. The minimum Gasteiger partial charge on any atom is -0.466 e. The van der Waals surface area contributed by atoms with E-state index >= 15 is 0 Å². The molecule has 6 heteroatoms. The first-order chi connectivity index (χ1) is 45.5. The van der Waals surface area contributed by atoms with Crippen LogP contribution < -0.4 is 5.32 Å². The molecule has 0 saturated heterocycles. The number of amides is 1. The summed E-state index contributed by atoms with van der Waals surface area (Å²) in [4.78, 5) is 24.7. The maximum Gasteiger partial charge on any atom is 0.305 e. The molecule has 0 radical (unpaired) electrons. The number of carbonyl (C=O) groups is 2. The molecular weight excluding hydrogens is 1130 g/mol. The van der Waals surface area contributed by atoms with E-state index < -0.39 is 12.1 Å². The van der Waals surface area contributed by atoms with Gasteiger partial charge in [-0.3, -0.25) is 9.59 Å². The molecule has 0 saturated carbocycles. The van der Waals surface area contributed by atoms with E-state index in [1.165, 1.54) is 411 Å². The van der Waals surface area contributed by atoms with Gasteiger partial charge in [0.05, 0.1) is 25.4 Å². The Morgan fingerprint density at radius 2 is 0.543 bits per heavy atom. The van der Waals surface area contributed by atoms with Crippen molar-refractivity contribution in [3.8, 4) is 0 Å². The zero-order chi connectivity index (χ0) is 66.3. The molecular formula is C86H167NO5. The molecule has 0 aromatic rings. The Morgan fingerprint density at radius 3 is 0.848 bits per heavy atom. The van der Waals surface area contributed by atoms with Gasteiger partial charge < -0.3 is 20.3 Å². The first-order valence-corrected chi connectivity index (χ1v) is 42.6. The summed E-state index contributed by atoms with van der Waals surface area (Å²) in [5, 5.41) is 23.5. The Labute approximate surface area is 577 Å². The van der Waals surface area contributed by atoms with Crippen LogP contribution in [-0.2, 0) is 14.3 Å². The minimum absolute atomic E-state index is 0.0192. The number of carbonyl (C=O) groups excluding carboxylic acids is 2. The Hall–Kier alpha value is -1.66. The average molecular weight is 1300 g/mol. The van der Waals surface area contributed by atoms with Crippen molar-refractivity contribution in [1.29, 1.82) is 0 Å². The van der Waals surface area contributed by atoms with Crippen LogP contribution in [0, 0.1) is 0 Å². The van der Waals surface area contributed by atoms with Crippen molar-refractivity contribution in [1.82, 2.24) is 5.32 Å². The smallest absolute Gasteiger partial charge is 0.305 e. The summed E-state index contributed by atoms with van der Waals surface area (Å²) in [6.45, 7) is 4.99. The Morgan fingerprint density at radius 1 is 0.304 bits per heavy atom. The monoisotopic (exact) mass is 1290 g/mol. The lowest BCUT2D eigenvalue weighted by molar-refractivity contribution is -0.143. The van der Waals surface area contributed by atoms with E-state index in [1.54, 1.807) is 0 Å². The SMILES string of the molecule is CCCCC/C=C\C/C=C\CCCCCCCCCCCC(=O)OCCCCCCCCCCCCCCCCCCCCCCCCCCCCCCCCCCCC(=O)NC(CO)C(O)CCCCCCCCCCCCCCCCCCCCCCCCC. The highest BCUT2D eigenvalue weighted by Crippen LogP contribution is 2.21. The van der Waals surface area contributed by atoms with Crippen LogP contribution in [0.3, 0.4) is 0 Å². The topological polar surface area (TPSA) is 95.9 Å². The molecule has 0 rings (SSSR count). The molecule has 2 unspecified atom stereocenters. The third-order valence-corrected chi connectivity index (χ3v) is 20.3. The van der Waals surface area contributed by atoms with Crippen molar-refractivity contribution in [2.24, 2.45) is 0 Å². The van der Waals surface area contributed by atoms with Crippen LogP contribution in [0.1, 0.15) is 489 Å². The van der Waals surface area contributed by atoms with Crippen LogP contribution in [0.4, 0.5) is 0 Å². The number of ether oxygens (including phenoxy) is 1. The third kappa shape index (κ3) is 77.3. The minimum atomic E-state index is -0.662. The van der Waals surface area contributed by atoms with Crippen LogP contribution in [0.15, 0.2) is 24.3 Å². The maximum absolute atomic E-state index is 12.6. The Bertz CT molecular complexity index is 1450. The molecule has 0 aliphatic rings. The van der Waals surface area contributed by atoms with Crippen LogP contribution >= 0.6 is 0 Å². The number of esters is 1. The third-order valence-electron chi connectivity index (χ3n) is 20.3. The van der Waals surface area contributed by atoms with Crippen molar-refractivity contribution in [2.75, 3.05) is 13.2 Å². The van der Waals surface area contributed by atoms with Gasteiger partial charge in [0.25, 0.3) is 0 Å². The summed E-state index contributed by atoms with van der Waals surface area (Å²) >= 11 is 0. The van der Waals surface area contributed by atoms with E-state index in [1.807, 2.05) is 0 Å². The number of rotatable bonds is 81. The van der Waals surface area contributed by atoms with Gasteiger partial charge >= 0.3 is 5.97 Å². The normalized spacial score (nSPS) is 12.5. The summed E-state index contributed by atoms with van der Waals surface area (Å²) in [7, 11) is 0. The van der Waals surface area contributed by atoms with Gasteiger partial charge in [0, 0.05) is 12.8 Å². The number of unbranched alkanes of at least 4 members (excludes halogenated alkanes) is 66. The standard InChI is InChI=1S/C86H167NO5/c1-3-5-7-9-11-13-15-17-19-21-23-24-36-39-43-46-50-54-58-62-66-70-74-78-84(89)83(82-88)87-85(90)79-75-71-67-63-59-55-51-47-44-40-37-34-32-30-28-26-25-27-29-31-33-35-38-41-45-49-53-57-61-65-69-73-77-81-92-86(91)80-76-72-68-64-60-56-52-48-42-22-20-18-16-14-12-10-8-6-4-2/h12,14,18,20,83-84,88-89H,3-11,13,15-17,19,21-82H2,1-2H3,(H,87,90)/b14-12-,20-18-. The summed E-state index contributed by atoms with van der Waals surface area (Å²) in [6.07, 6.45) is 106. The first-order valence-electron chi connectivity index (χ1n) is 42.6. The summed E-state index contributed by atoms with van der Waals surface area (Å²) in [6, 6.07) is -0.539. The van der Waals surface area contributed by atoms with Gasteiger partial charge in [0.2, 0.25) is 5.91 Å². The highest BCUT2D eigenvalue weighted by molar-refractivity contribution is 5.76. The average Bonchev–Trinajstić information content (AvgIpc) is 3.60. The lowest BCUT2D eigenvalue weighted by atomic mass is 10.0. The molecule has 0 aromatic heterocycles. The predicted molar refractivity (Wildman–Crippen MR) is 407 cm³/mol. The molecule has 0 heterocycles. The van der Waals surface area contributed by atoms with Crippen LogP contribution in [0.25, 0.3) is 0 Å². The first kappa shape index (κ1) is 90.3. The molecule has 3 N–H and O–H groups in total. The predicted octanol–water partition coefficient (Wildman–Crippen LogP) is 28.4. The largest absolute Gasteiger partial charge is 0.466 e. The van der Waals surface area contributed by atoms with Crippen molar-refractivity contribution in [2.45, 2.75) is 501 Å². The summed E-state index contributed by atoms with van der Waals surface area (Å²) in [5.74, 6) is -0.00485. The number of aliphatic hydroxyl groups excluding tert-OH is 2. The van der Waals surface area contributed by atoms with E-state index in [9.17, 15) is 19.8 Å². The molecule has 2 atom stereocenters. The zero-order valence-electron chi connectivity index (χ0n) is 62.8. The second-order valence-electron chi connectivity index (χ2n) is 29.5. The molecule has 0 aromatic carbocycles. The molecule has 0 aliphatic carbocycles. The van der Waals surface area contributed by atoms with Gasteiger partial charge in [-0.05, 0) is 57.8 Å². The van der Waals surface area contributed by atoms with E-state index in [0.29, 0.717) is 25.9 Å². The molecule has 1 amide bonds. The van der Waals surface area contributed by atoms with E-state index in [4.69, 9.17) is 4.74 Å². The molecule has 92 heavy (non-hydrogen) atoms. The quantitative estimate of drug-likeness (QED) is 0.0320. The second kappa shape index (κ2) is 81.8. The number of allylic oxidation sites excluding steroid dienone is 4. The van der Waals surface area contributed by atoms with Crippen LogP contribution in [0.5, 0.6) is 0 Å². The number of aliphatic hydroxyl groups is 2. The molecule has 0 bridgehead atoms. The molecule has 546 valence electrons. The van der Waals surface area contributed by atoms with Crippen LogP contribution in [0.2, 0.25) is 0 Å². The highest BCUT2D eigenvalue weighted by Gasteiger charge is 2.20. The van der Waals surface area contributed by atoms with E-state index in [-0.39, 0.29) is 18.5 Å². The lowest BCUT2D eigenvalue weighted by Gasteiger charge is -2.22. The lowest BCUT2D eigenvalue weighted by Crippen LogP contribution is -2.45. The number of hydrogen-bond acceptors (Lipinski definition) is 5. The zero-order valence-corrected chi connectivity index (χ0v) is 62.8. The van der Waals surface area contributed by atoms with Gasteiger partial charge in [-0.15, -0.1) is 0 Å². The van der Waals surface area contributed by atoms with Gasteiger partial charge in [0.1, 0.15) is 0 Å². The second-order valence-corrected chi connectivity index (χ2v) is 29.5. The fourth-order valence-corrected chi connectivity index (χ4v) is 13.8. The molecule has 0 spiro atoms. The van der Waals surface area contributed by atoms with Crippen LogP contribution in [-0.4, -0.2) is 47.4 Å². The van der Waals surface area contributed by atoms with E-state index in [0.717, 1.165) is 44.9 Å². The van der Waals surface area contributed by atoms with Gasteiger partial charge in [-0.2, -0.15) is 0 Å². The molecule has 0 fully saturated rings. The highest BCUT2D eigenvalue weighted by atomic mass is 16.5. The summed E-state index contributed by atoms with van der Waals surface area (Å²) < 4.78 is 5.52. The fraction of sp³-hybridized carbons (Fsp3) is 0.930. The van der Waals surface area contributed by atoms with Gasteiger partial charge in [-0.25, -0.2) is 0 Å². The Kier molecular flexibility index (Phi) is 80.3. The summed E-state index contributed by atoms with van der Waals surface area (Å²) in [5.41, 5.74) is 0. The molecule has 0 aliphatic heterocycles. The van der Waals surface area contributed by atoms with E-state index in [2.05, 4.69) is 43.5 Å². The van der Waals surface area contributed by atoms with Crippen molar-refractivity contribution >= 4 is 11.9 Å². The number of hydrogen-bond donors (Lipinski definition) is 3.